The Morgan fingerprint density at radius 2 is 1.64 bits per heavy atom. The zero-order chi connectivity index (χ0) is 29.8. The van der Waals surface area contributed by atoms with E-state index >= 15 is 0 Å². The summed E-state index contributed by atoms with van der Waals surface area (Å²) in [4.78, 5) is 52.8. The Morgan fingerprint density at radius 3 is 2.38 bits per heavy atom. The molecule has 3 aromatic carbocycles. The van der Waals surface area contributed by atoms with Crippen molar-refractivity contribution in [2.75, 3.05) is 17.7 Å². The first-order chi connectivity index (χ1) is 20.3. The minimum atomic E-state index is -1.11. The maximum atomic E-state index is 13.3. The Kier molecular flexibility index (Phi) is 8.94. The highest BCUT2D eigenvalue weighted by atomic mass is 32.2. The highest BCUT2D eigenvalue weighted by molar-refractivity contribution is 8.00. The van der Waals surface area contributed by atoms with Crippen molar-refractivity contribution in [1.82, 2.24) is 0 Å². The second kappa shape index (κ2) is 12.8. The van der Waals surface area contributed by atoms with E-state index in [1.165, 1.54) is 36.3 Å². The van der Waals surface area contributed by atoms with Crippen LogP contribution in [0.5, 0.6) is 0 Å². The minimum Gasteiger partial charge on any atom is -0.478 e. The van der Waals surface area contributed by atoms with Gasteiger partial charge in [-0.3, -0.25) is 9.59 Å². The van der Waals surface area contributed by atoms with Gasteiger partial charge in [-0.2, -0.15) is 0 Å². The first-order valence-electron chi connectivity index (χ1n) is 13.6. The first-order valence-corrected chi connectivity index (χ1v) is 15.3. The van der Waals surface area contributed by atoms with Gasteiger partial charge in [-0.15, -0.1) is 23.1 Å². The van der Waals surface area contributed by atoms with E-state index in [9.17, 15) is 24.3 Å². The van der Waals surface area contributed by atoms with E-state index in [0.29, 0.717) is 27.0 Å². The summed E-state index contributed by atoms with van der Waals surface area (Å²) in [5.74, 6) is -2.22. The van der Waals surface area contributed by atoms with Crippen LogP contribution in [0, 0.1) is 0 Å². The number of thioether (sulfide) groups is 1. The predicted octanol–water partition coefficient (Wildman–Crippen LogP) is 7.03. The van der Waals surface area contributed by atoms with E-state index in [0.717, 1.165) is 47.4 Å². The number of aryl methyl sites for hydroxylation is 1. The fraction of sp³-hybridized carbons (Fsp3) is 0.250. The number of fused-ring (bicyclic) bond motifs is 2. The number of ether oxygens (including phenoxy) is 1. The number of carboxylic acids is 1. The van der Waals surface area contributed by atoms with Crippen LogP contribution >= 0.6 is 23.1 Å². The largest absolute Gasteiger partial charge is 0.478 e. The van der Waals surface area contributed by atoms with Gasteiger partial charge in [0.05, 0.1) is 23.5 Å². The molecule has 1 heterocycles. The van der Waals surface area contributed by atoms with E-state index < -0.39 is 23.1 Å². The number of aromatic carboxylic acids is 1. The van der Waals surface area contributed by atoms with Crippen LogP contribution in [0.4, 0.5) is 10.7 Å². The van der Waals surface area contributed by atoms with Gasteiger partial charge < -0.3 is 20.5 Å². The highest BCUT2D eigenvalue weighted by Gasteiger charge is 2.27. The third kappa shape index (κ3) is 6.19. The molecular weight excluding hydrogens is 572 g/mol. The van der Waals surface area contributed by atoms with Crippen LogP contribution in [-0.2, 0) is 22.4 Å². The Balaban J connectivity index is 1.31. The van der Waals surface area contributed by atoms with Crippen molar-refractivity contribution >= 4 is 68.3 Å². The quantitative estimate of drug-likeness (QED) is 0.112. The van der Waals surface area contributed by atoms with Crippen LogP contribution in [0.1, 0.15) is 67.7 Å². The summed E-state index contributed by atoms with van der Waals surface area (Å²) in [6.07, 6.45) is 4.86. The zero-order valence-electron chi connectivity index (χ0n) is 23.2. The number of nitrogens with one attached hydrogen (secondary N) is 2. The van der Waals surface area contributed by atoms with Gasteiger partial charge in [0, 0.05) is 26.4 Å². The number of hydrogen-bond acceptors (Lipinski definition) is 7. The lowest BCUT2D eigenvalue weighted by atomic mass is 9.98. The molecule has 0 fully saturated rings. The van der Waals surface area contributed by atoms with Crippen LogP contribution in [-0.4, -0.2) is 41.2 Å². The van der Waals surface area contributed by atoms with Crippen LogP contribution in [0.3, 0.4) is 0 Å². The number of rotatable bonds is 8. The minimum absolute atomic E-state index is 0.0555. The summed E-state index contributed by atoms with van der Waals surface area (Å²) in [7, 11) is 1.35. The number of methoxy groups -OCH3 is 1. The lowest BCUT2D eigenvalue weighted by molar-refractivity contribution is -0.115. The number of benzene rings is 3. The van der Waals surface area contributed by atoms with Gasteiger partial charge in [-0.05, 0) is 73.9 Å². The molecule has 8 nitrogen and oxygen atoms in total. The average Bonchev–Trinajstić information content (AvgIpc) is 3.15. The molecule has 10 heteroatoms. The second-order valence-corrected chi connectivity index (χ2v) is 12.5. The molecule has 1 atom stereocenters. The summed E-state index contributed by atoms with van der Waals surface area (Å²) in [6, 6.07) is 17.1. The number of amides is 2. The van der Waals surface area contributed by atoms with Gasteiger partial charge in [-0.25, -0.2) is 9.59 Å². The van der Waals surface area contributed by atoms with E-state index in [4.69, 9.17) is 4.74 Å². The molecule has 42 heavy (non-hydrogen) atoms. The molecule has 0 spiro atoms. The second-order valence-electron chi connectivity index (χ2n) is 10.0. The fourth-order valence-electron chi connectivity index (χ4n) is 5.17. The van der Waals surface area contributed by atoms with Crippen LogP contribution in [0.2, 0.25) is 0 Å². The molecule has 1 aliphatic carbocycles. The summed E-state index contributed by atoms with van der Waals surface area (Å²) >= 11 is 2.78. The molecule has 4 aromatic rings. The molecule has 0 saturated heterocycles. The number of thiophene rings is 1. The summed E-state index contributed by atoms with van der Waals surface area (Å²) in [6.45, 7) is 1.78. The number of carboxylic acid groups (broad SMARTS) is 1. The molecule has 216 valence electrons. The lowest BCUT2D eigenvalue weighted by Crippen LogP contribution is -2.23. The maximum Gasteiger partial charge on any atom is 0.341 e. The molecular formula is C32H30N2O6S2. The van der Waals surface area contributed by atoms with Crippen molar-refractivity contribution in [3.8, 4) is 0 Å². The summed E-state index contributed by atoms with van der Waals surface area (Å²) in [5, 5.41) is 16.5. The topological polar surface area (TPSA) is 122 Å². The Bertz CT molecular complexity index is 1690. The van der Waals surface area contributed by atoms with Gasteiger partial charge in [0.1, 0.15) is 5.00 Å². The molecule has 2 amide bonds. The standard InChI is InChI=1S/C32H30N2O6S2/c1-18(28(35)34-30-27(32(39)40-2)22-13-4-3-5-16-25(22)42-30)41-21-12-8-11-20(17-21)33-29(36)23-14-6-9-19-10-7-15-24(26(19)23)31(37)38/h6-12,14-15,17-18H,3-5,13,16H2,1-2H3,(H,33,36)(H,34,35)(H,37,38). The van der Waals surface area contributed by atoms with Crippen LogP contribution in [0.15, 0.2) is 65.6 Å². The van der Waals surface area contributed by atoms with Gasteiger partial charge in [-0.1, -0.05) is 36.8 Å². The molecule has 3 N–H and O–H groups in total. The zero-order valence-corrected chi connectivity index (χ0v) is 24.8. The Labute approximate surface area is 251 Å². The number of carbonyl (C=O) groups is 4. The van der Waals surface area contributed by atoms with E-state index in [1.807, 2.05) is 6.07 Å². The number of esters is 1. The predicted molar refractivity (Wildman–Crippen MR) is 166 cm³/mol. The summed E-state index contributed by atoms with van der Waals surface area (Å²) in [5.41, 5.74) is 2.28. The fourth-order valence-corrected chi connectivity index (χ4v) is 7.38. The number of anilines is 2. The molecule has 5 rings (SSSR count). The highest BCUT2D eigenvalue weighted by Crippen LogP contribution is 2.38. The Morgan fingerprint density at radius 1 is 0.929 bits per heavy atom. The van der Waals surface area contributed by atoms with Gasteiger partial charge in [0.25, 0.3) is 5.91 Å². The molecule has 0 bridgehead atoms. The van der Waals surface area contributed by atoms with Crippen molar-refractivity contribution < 1.29 is 29.0 Å². The maximum absolute atomic E-state index is 13.3. The van der Waals surface area contributed by atoms with Crippen LogP contribution in [0.25, 0.3) is 10.8 Å². The van der Waals surface area contributed by atoms with E-state index in [2.05, 4.69) is 10.6 Å². The van der Waals surface area contributed by atoms with Gasteiger partial charge >= 0.3 is 11.9 Å². The van der Waals surface area contributed by atoms with E-state index in [1.54, 1.807) is 55.5 Å². The normalized spacial score (nSPS) is 13.5. The molecule has 0 saturated carbocycles. The number of carbonyl (C=O) groups excluding carboxylic acids is 3. The van der Waals surface area contributed by atoms with Crippen molar-refractivity contribution in [2.24, 2.45) is 0 Å². The van der Waals surface area contributed by atoms with Crippen LogP contribution < -0.4 is 10.6 Å². The summed E-state index contributed by atoms with van der Waals surface area (Å²) < 4.78 is 5.05. The molecule has 0 aliphatic heterocycles. The molecule has 1 unspecified atom stereocenters. The molecule has 0 radical (unpaired) electrons. The smallest absolute Gasteiger partial charge is 0.341 e. The first kappa shape index (κ1) is 29.3. The Hall–Kier alpha value is -4.15. The van der Waals surface area contributed by atoms with Crippen molar-refractivity contribution in [2.45, 2.75) is 49.2 Å². The van der Waals surface area contributed by atoms with Crippen molar-refractivity contribution in [3.63, 3.8) is 0 Å². The monoisotopic (exact) mass is 602 g/mol. The lowest BCUT2D eigenvalue weighted by Gasteiger charge is -2.14. The third-order valence-electron chi connectivity index (χ3n) is 7.20. The SMILES string of the molecule is COC(=O)c1c(NC(=O)C(C)Sc2cccc(NC(=O)c3cccc4cccc(C(=O)O)c34)c2)sc2c1CCCCC2. The average molecular weight is 603 g/mol. The van der Waals surface area contributed by atoms with Gasteiger partial charge in [0.2, 0.25) is 5.91 Å². The molecule has 1 aromatic heterocycles. The third-order valence-corrected chi connectivity index (χ3v) is 9.50. The van der Waals surface area contributed by atoms with Gasteiger partial charge in [0.15, 0.2) is 0 Å². The number of hydrogen-bond donors (Lipinski definition) is 3. The van der Waals surface area contributed by atoms with Crippen molar-refractivity contribution in [3.05, 3.63) is 87.8 Å². The molecule has 1 aliphatic rings. The van der Waals surface area contributed by atoms with Crippen molar-refractivity contribution in [1.29, 1.82) is 0 Å². The van der Waals surface area contributed by atoms with E-state index in [-0.39, 0.29) is 17.0 Å².